The molecule has 0 amide bonds. The van der Waals surface area contributed by atoms with Gasteiger partial charge in [-0.2, -0.15) is 0 Å². The number of methoxy groups -OCH3 is 2. The topological polar surface area (TPSA) is 74.2 Å². The lowest BCUT2D eigenvalue weighted by Gasteiger charge is -2.33. The molecule has 1 aliphatic rings. The molecular formula is C13H16O6. The molecule has 2 rings (SSSR count). The van der Waals surface area contributed by atoms with Gasteiger partial charge < -0.3 is 24.1 Å². The number of fused-ring (bicyclic) bond motifs is 1. The fourth-order valence-electron chi connectivity index (χ4n) is 1.92. The third-order valence-corrected chi connectivity index (χ3v) is 2.82. The minimum atomic E-state index is -1.01. The second kappa shape index (κ2) is 5.90. The van der Waals surface area contributed by atoms with Crippen LogP contribution in [0.2, 0.25) is 0 Å². The molecule has 0 bridgehead atoms. The number of aromatic carboxylic acids is 1. The standard InChI is InChI=1S/C13H16O6/c1-16-6-11-12(7-17-2)19-10-5-8(13(14)15)3-4-9(10)18-11/h3-5,11-12H,6-7H2,1-2H3,(H,14,15). The van der Waals surface area contributed by atoms with E-state index in [1.165, 1.54) is 12.1 Å². The van der Waals surface area contributed by atoms with Crippen molar-refractivity contribution in [2.45, 2.75) is 12.2 Å². The van der Waals surface area contributed by atoms with E-state index in [0.717, 1.165) is 0 Å². The smallest absolute Gasteiger partial charge is 0.335 e. The molecular weight excluding hydrogens is 252 g/mol. The lowest BCUT2D eigenvalue weighted by molar-refractivity contribution is -0.0515. The highest BCUT2D eigenvalue weighted by molar-refractivity contribution is 5.88. The van der Waals surface area contributed by atoms with E-state index in [9.17, 15) is 4.79 Å². The second-order valence-corrected chi connectivity index (χ2v) is 4.19. The quantitative estimate of drug-likeness (QED) is 0.864. The summed E-state index contributed by atoms with van der Waals surface area (Å²) in [5, 5.41) is 8.95. The fourth-order valence-corrected chi connectivity index (χ4v) is 1.92. The molecule has 19 heavy (non-hydrogen) atoms. The number of benzene rings is 1. The first kappa shape index (κ1) is 13.6. The second-order valence-electron chi connectivity index (χ2n) is 4.19. The number of carboxylic acid groups (broad SMARTS) is 1. The Morgan fingerprint density at radius 2 is 1.74 bits per heavy atom. The molecule has 104 valence electrons. The Hall–Kier alpha value is -1.79. The van der Waals surface area contributed by atoms with Crippen LogP contribution in [0.4, 0.5) is 0 Å². The summed E-state index contributed by atoms with van der Waals surface area (Å²) in [6, 6.07) is 4.51. The Morgan fingerprint density at radius 1 is 1.16 bits per heavy atom. The molecule has 0 fully saturated rings. The summed E-state index contributed by atoms with van der Waals surface area (Å²) in [5.41, 5.74) is 0.156. The van der Waals surface area contributed by atoms with Gasteiger partial charge in [0.2, 0.25) is 0 Å². The molecule has 6 heteroatoms. The van der Waals surface area contributed by atoms with Crippen LogP contribution in [0.5, 0.6) is 11.5 Å². The van der Waals surface area contributed by atoms with Gasteiger partial charge in [0.25, 0.3) is 0 Å². The van der Waals surface area contributed by atoms with Crippen molar-refractivity contribution < 1.29 is 28.8 Å². The molecule has 6 nitrogen and oxygen atoms in total. The zero-order valence-electron chi connectivity index (χ0n) is 10.8. The minimum Gasteiger partial charge on any atom is -0.480 e. The summed E-state index contributed by atoms with van der Waals surface area (Å²) < 4.78 is 21.6. The number of carboxylic acids is 1. The number of hydrogen-bond donors (Lipinski definition) is 1. The maximum Gasteiger partial charge on any atom is 0.335 e. The van der Waals surface area contributed by atoms with Crippen LogP contribution in [0, 0.1) is 0 Å². The first-order valence-corrected chi connectivity index (χ1v) is 5.84. The number of rotatable bonds is 5. The van der Waals surface area contributed by atoms with Gasteiger partial charge in [0.1, 0.15) is 0 Å². The van der Waals surface area contributed by atoms with Crippen LogP contribution in [0.25, 0.3) is 0 Å². The van der Waals surface area contributed by atoms with E-state index in [1.54, 1.807) is 20.3 Å². The summed E-state index contributed by atoms with van der Waals surface area (Å²) >= 11 is 0. The molecule has 2 atom stereocenters. The zero-order valence-corrected chi connectivity index (χ0v) is 10.8. The molecule has 1 heterocycles. The molecule has 1 aromatic carbocycles. The van der Waals surface area contributed by atoms with E-state index in [4.69, 9.17) is 24.1 Å². The Bertz CT molecular complexity index is 458. The molecule has 0 aromatic heterocycles. The van der Waals surface area contributed by atoms with Gasteiger partial charge in [0, 0.05) is 14.2 Å². The van der Waals surface area contributed by atoms with Crippen LogP contribution in [0.15, 0.2) is 18.2 Å². The van der Waals surface area contributed by atoms with Gasteiger partial charge >= 0.3 is 5.97 Å². The summed E-state index contributed by atoms with van der Waals surface area (Å²) in [5.74, 6) is -0.0811. The van der Waals surface area contributed by atoms with E-state index in [0.29, 0.717) is 24.7 Å². The molecule has 1 N–H and O–H groups in total. The first-order chi connectivity index (χ1) is 9.15. The Morgan fingerprint density at radius 3 is 2.26 bits per heavy atom. The zero-order chi connectivity index (χ0) is 13.8. The number of hydrogen-bond acceptors (Lipinski definition) is 5. The van der Waals surface area contributed by atoms with Crippen molar-refractivity contribution in [3.63, 3.8) is 0 Å². The Labute approximate surface area is 110 Å². The third kappa shape index (κ3) is 2.97. The van der Waals surface area contributed by atoms with Gasteiger partial charge in [-0.25, -0.2) is 4.79 Å². The summed E-state index contributed by atoms with van der Waals surface area (Å²) in [6.07, 6.45) is -0.616. The van der Waals surface area contributed by atoms with Gasteiger partial charge in [0.15, 0.2) is 23.7 Å². The highest BCUT2D eigenvalue weighted by Crippen LogP contribution is 2.35. The monoisotopic (exact) mass is 268 g/mol. The minimum absolute atomic E-state index is 0.156. The molecule has 1 aliphatic heterocycles. The van der Waals surface area contributed by atoms with E-state index in [-0.39, 0.29) is 17.8 Å². The van der Waals surface area contributed by atoms with Crippen molar-refractivity contribution in [2.75, 3.05) is 27.4 Å². The molecule has 2 unspecified atom stereocenters. The average Bonchev–Trinajstić information content (AvgIpc) is 2.39. The van der Waals surface area contributed by atoms with Crippen LogP contribution in [-0.2, 0) is 9.47 Å². The predicted octanol–water partition coefficient (Wildman–Crippen LogP) is 1.19. The van der Waals surface area contributed by atoms with Crippen LogP contribution >= 0.6 is 0 Å². The van der Waals surface area contributed by atoms with Crippen molar-refractivity contribution in [3.8, 4) is 11.5 Å². The molecule has 0 saturated carbocycles. The van der Waals surface area contributed by atoms with E-state index in [2.05, 4.69) is 0 Å². The average molecular weight is 268 g/mol. The molecule has 1 aromatic rings. The van der Waals surface area contributed by atoms with Crippen LogP contribution in [-0.4, -0.2) is 50.7 Å². The maximum absolute atomic E-state index is 10.9. The van der Waals surface area contributed by atoms with E-state index in [1.807, 2.05) is 0 Å². The highest BCUT2D eigenvalue weighted by Gasteiger charge is 2.32. The summed E-state index contributed by atoms with van der Waals surface area (Å²) in [4.78, 5) is 10.9. The van der Waals surface area contributed by atoms with Crippen LogP contribution in [0.1, 0.15) is 10.4 Å². The van der Waals surface area contributed by atoms with Gasteiger partial charge in [0.05, 0.1) is 18.8 Å². The van der Waals surface area contributed by atoms with Crippen molar-refractivity contribution in [1.82, 2.24) is 0 Å². The van der Waals surface area contributed by atoms with Crippen LogP contribution in [0.3, 0.4) is 0 Å². The van der Waals surface area contributed by atoms with Crippen LogP contribution < -0.4 is 9.47 Å². The molecule has 0 aliphatic carbocycles. The molecule has 0 radical (unpaired) electrons. The molecule has 0 saturated heterocycles. The van der Waals surface area contributed by atoms with Gasteiger partial charge in [-0.1, -0.05) is 0 Å². The summed E-state index contributed by atoms with van der Waals surface area (Å²) in [7, 11) is 3.15. The molecule has 0 spiro atoms. The van der Waals surface area contributed by atoms with Gasteiger partial charge in [-0.3, -0.25) is 0 Å². The SMILES string of the molecule is COCC1Oc2ccc(C(=O)O)cc2OC1COC. The third-order valence-electron chi connectivity index (χ3n) is 2.82. The van der Waals surface area contributed by atoms with Crippen molar-refractivity contribution in [2.24, 2.45) is 0 Å². The lowest BCUT2D eigenvalue weighted by Crippen LogP contribution is -2.45. The number of carbonyl (C=O) groups is 1. The predicted molar refractivity (Wildman–Crippen MR) is 66.0 cm³/mol. The highest BCUT2D eigenvalue weighted by atomic mass is 16.6. The number of ether oxygens (including phenoxy) is 4. The largest absolute Gasteiger partial charge is 0.480 e. The summed E-state index contributed by atoms with van der Waals surface area (Å²) in [6.45, 7) is 0.707. The van der Waals surface area contributed by atoms with Gasteiger partial charge in [-0.15, -0.1) is 0 Å². The van der Waals surface area contributed by atoms with Crippen molar-refractivity contribution in [3.05, 3.63) is 23.8 Å². The maximum atomic E-state index is 10.9. The Kier molecular flexibility index (Phi) is 4.24. The Balaban J connectivity index is 2.24. The lowest BCUT2D eigenvalue weighted by atomic mass is 10.1. The first-order valence-electron chi connectivity index (χ1n) is 5.84. The van der Waals surface area contributed by atoms with Crippen molar-refractivity contribution in [1.29, 1.82) is 0 Å². The van der Waals surface area contributed by atoms with Gasteiger partial charge in [-0.05, 0) is 18.2 Å². The van der Waals surface area contributed by atoms with E-state index >= 15 is 0 Å². The van der Waals surface area contributed by atoms with E-state index < -0.39 is 5.97 Å². The fraction of sp³-hybridized carbons (Fsp3) is 0.462. The normalized spacial score (nSPS) is 21.2. The van der Waals surface area contributed by atoms with Crippen molar-refractivity contribution >= 4 is 5.97 Å².